The molecule has 0 unspecified atom stereocenters. The average molecular weight is 455 g/mol. The van der Waals surface area contributed by atoms with Crippen molar-refractivity contribution >= 4 is 34.0 Å². The van der Waals surface area contributed by atoms with Gasteiger partial charge in [0.2, 0.25) is 0 Å². The molecule has 1 N–H and O–H groups in total. The van der Waals surface area contributed by atoms with Gasteiger partial charge in [-0.25, -0.2) is 0 Å². The smallest absolute Gasteiger partial charge is 0.291 e. The molecule has 0 spiro atoms. The summed E-state index contributed by atoms with van der Waals surface area (Å²) in [6.07, 6.45) is 6.05. The van der Waals surface area contributed by atoms with Gasteiger partial charge in [0.1, 0.15) is 5.00 Å². The number of hydrogen-bond donors (Lipinski definition) is 1. The Labute approximate surface area is 193 Å². The van der Waals surface area contributed by atoms with E-state index in [0.717, 1.165) is 24.0 Å². The summed E-state index contributed by atoms with van der Waals surface area (Å²) in [5.74, 6) is 0.901. The highest BCUT2D eigenvalue weighted by molar-refractivity contribution is 7.98. The number of piperidine rings is 1. The highest BCUT2D eigenvalue weighted by Crippen LogP contribution is 2.43. The summed E-state index contributed by atoms with van der Waals surface area (Å²) in [5.41, 5.74) is 3.76. The summed E-state index contributed by atoms with van der Waals surface area (Å²) < 4.78 is 5.32. The number of carbonyl (C=O) groups is 1. The number of benzene rings is 1. The van der Waals surface area contributed by atoms with Crippen molar-refractivity contribution in [2.24, 2.45) is 5.92 Å². The van der Waals surface area contributed by atoms with Crippen LogP contribution in [0, 0.1) is 19.8 Å². The predicted octanol–water partition coefficient (Wildman–Crippen LogP) is 6.75. The first kappa shape index (κ1) is 22.2. The fourth-order valence-corrected chi connectivity index (χ4v) is 5.77. The molecule has 1 aliphatic rings. The first-order valence-electron chi connectivity index (χ1n) is 10.8. The maximum absolute atomic E-state index is 12.8. The van der Waals surface area contributed by atoms with Crippen LogP contribution in [0.25, 0.3) is 0 Å². The second-order valence-corrected chi connectivity index (χ2v) is 10.5. The molecule has 3 heterocycles. The number of nitrogens with one attached hydrogen (secondary N) is 1. The van der Waals surface area contributed by atoms with Gasteiger partial charge in [-0.3, -0.25) is 9.69 Å². The third-order valence-electron chi connectivity index (χ3n) is 6.29. The minimum atomic E-state index is -0.198. The van der Waals surface area contributed by atoms with E-state index in [2.05, 4.69) is 61.5 Å². The van der Waals surface area contributed by atoms with Crippen molar-refractivity contribution in [3.05, 3.63) is 70.0 Å². The number of thiophene rings is 1. The maximum Gasteiger partial charge on any atom is 0.291 e. The Bertz CT molecular complexity index is 1020. The summed E-state index contributed by atoms with van der Waals surface area (Å²) in [6, 6.07) is 12.5. The average Bonchev–Trinajstić information content (AvgIpc) is 3.40. The Hall–Kier alpha value is -2.02. The molecule has 1 amide bonds. The highest BCUT2D eigenvalue weighted by atomic mass is 32.2. The van der Waals surface area contributed by atoms with Crippen LogP contribution in [0.15, 0.2) is 52.0 Å². The number of hydrogen-bond acceptors (Lipinski definition) is 5. The molecule has 1 saturated heterocycles. The van der Waals surface area contributed by atoms with Crippen LogP contribution in [0.2, 0.25) is 0 Å². The SMILES string of the molecule is CSc1ccc([C@H](c2c(NC(=O)c3ccco3)sc(C)c2C)N2CCC(C)CC2)cc1. The standard InChI is InChI=1S/C25H30N2O2S2/c1-16-11-13-27(14-12-16)23(19-7-9-20(30-4)10-8-19)22-17(2)18(3)31-25(22)26-24(28)21-6-5-15-29-21/h5-10,15-16,23H,11-14H2,1-4H3,(H,26,28)/t23-/m1/s1. The van der Waals surface area contributed by atoms with Crippen LogP contribution < -0.4 is 5.32 Å². The molecular weight excluding hydrogens is 424 g/mol. The number of amides is 1. The molecule has 0 bridgehead atoms. The molecule has 1 atom stereocenters. The molecule has 2 aromatic heterocycles. The van der Waals surface area contributed by atoms with Crippen LogP contribution in [-0.4, -0.2) is 30.2 Å². The molecule has 4 nitrogen and oxygen atoms in total. The Kier molecular flexibility index (Phi) is 6.89. The van der Waals surface area contributed by atoms with Gasteiger partial charge in [0.15, 0.2) is 5.76 Å². The molecule has 0 aliphatic carbocycles. The number of anilines is 1. The van der Waals surface area contributed by atoms with Crippen molar-refractivity contribution in [1.29, 1.82) is 0 Å². The van der Waals surface area contributed by atoms with Crippen LogP contribution in [0.5, 0.6) is 0 Å². The third-order valence-corrected chi connectivity index (χ3v) is 8.17. The molecule has 0 saturated carbocycles. The van der Waals surface area contributed by atoms with Crippen LogP contribution in [0.1, 0.15) is 57.9 Å². The van der Waals surface area contributed by atoms with E-state index in [1.54, 1.807) is 35.2 Å². The van der Waals surface area contributed by atoms with Gasteiger partial charge in [-0.2, -0.15) is 0 Å². The van der Waals surface area contributed by atoms with E-state index in [-0.39, 0.29) is 11.9 Å². The van der Waals surface area contributed by atoms with Gasteiger partial charge < -0.3 is 9.73 Å². The van der Waals surface area contributed by atoms with Gasteiger partial charge >= 0.3 is 0 Å². The first-order chi connectivity index (χ1) is 15.0. The normalized spacial score (nSPS) is 16.4. The second kappa shape index (κ2) is 9.63. The summed E-state index contributed by atoms with van der Waals surface area (Å²) in [6.45, 7) is 8.79. The Balaban J connectivity index is 1.75. The Morgan fingerprint density at radius 3 is 2.52 bits per heavy atom. The van der Waals surface area contributed by atoms with Crippen molar-refractivity contribution in [2.45, 2.75) is 44.6 Å². The van der Waals surface area contributed by atoms with Gasteiger partial charge in [0.25, 0.3) is 5.91 Å². The summed E-state index contributed by atoms with van der Waals surface area (Å²) >= 11 is 3.42. The molecular formula is C25H30N2O2S2. The van der Waals surface area contributed by atoms with E-state index in [4.69, 9.17) is 4.42 Å². The number of nitrogens with zero attached hydrogens (tertiary/aromatic N) is 1. The molecule has 31 heavy (non-hydrogen) atoms. The zero-order valence-electron chi connectivity index (χ0n) is 18.6. The lowest BCUT2D eigenvalue weighted by molar-refractivity contribution is 0.0996. The second-order valence-electron chi connectivity index (χ2n) is 8.35. The fraction of sp³-hybridized carbons (Fsp3) is 0.400. The van der Waals surface area contributed by atoms with Crippen LogP contribution in [0.3, 0.4) is 0 Å². The van der Waals surface area contributed by atoms with Gasteiger partial charge in [0, 0.05) is 15.3 Å². The third kappa shape index (κ3) is 4.76. The van der Waals surface area contributed by atoms with E-state index in [0.29, 0.717) is 5.76 Å². The number of aryl methyl sites for hydroxylation is 1. The number of rotatable bonds is 6. The van der Waals surface area contributed by atoms with E-state index in [1.807, 2.05) is 0 Å². The van der Waals surface area contributed by atoms with Gasteiger partial charge in [0.05, 0.1) is 12.3 Å². The van der Waals surface area contributed by atoms with E-state index < -0.39 is 0 Å². The first-order valence-corrected chi connectivity index (χ1v) is 12.8. The van der Waals surface area contributed by atoms with Crippen molar-refractivity contribution < 1.29 is 9.21 Å². The Morgan fingerprint density at radius 2 is 1.90 bits per heavy atom. The van der Waals surface area contributed by atoms with Crippen LogP contribution in [0.4, 0.5) is 5.00 Å². The maximum atomic E-state index is 12.8. The predicted molar refractivity (Wildman–Crippen MR) is 130 cm³/mol. The van der Waals surface area contributed by atoms with E-state index in [1.165, 1.54) is 45.6 Å². The minimum absolute atomic E-state index is 0.125. The van der Waals surface area contributed by atoms with Crippen LogP contribution in [-0.2, 0) is 0 Å². The zero-order valence-corrected chi connectivity index (χ0v) is 20.2. The molecule has 4 rings (SSSR count). The lowest BCUT2D eigenvalue weighted by atomic mass is 9.91. The largest absolute Gasteiger partial charge is 0.459 e. The number of carbonyl (C=O) groups excluding carboxylic acids is 1. The molecule has 164 valence electrons. The van der Waals surface area contributed by atoms with Crippen molar-refractivity contribution in [1.82, 2.24) is 4.90 Å². The molecule has 3 aromatic rings. The van der Waals surface area contributed by atoms with Gasteiger partial charge in [-0.15, -0.1) is 23.1 Å². The molecule has 1 fully saturated rings. The van der Waals surface area contributed by atoms with Gasteiger partial charge in [-0.1, -0.05) is 19.1 Å². The summed E-state index contributed by atoms with van der Waals surface area (Å²) in [4.78, 5) is 17.9. The fourth-order valence-electron chi connectivity index (χ4n) is 4.27. The van der Waals surface area contributed by atoms with Gasteiger partial charge in [-0.05, 0) is 87.3 Å². The van der Waals surface area contributed by atoms with Crippen molar-refractivity contribution in [2.75, 3.05) is 24.7 Å². The minimum Gasteiger partial charge on any atom is -0.459 e. The highest BCUT2D eigenvalue weighted by Gasteiger charge is 2.31. The summed E-state index contributed by atoms with van der Waals surface area (Å²) in [5, 5.41) is 4.08. The van der Waals surface area contributed by atoms with Crippen molar-refractivity contribution in [3.63, 3.8) is 0 Å². The zero-order chi connectivity index (χ0) is 22.0. The topological polar surface area (TPSA) is 45.5 Å². The lowest BCUT2D eigenvalue weighted by Gasteiger charge is -2.38. The van der Waals surface area contributed by atoms with E-state index in [9.17, 15) is 4.79 Å². The van der Waals surface area contributed by atoms with Crippen LogP contribution >= 0.6 is 23.1 Å². The number of furan rings is 1. The number of likely N-dealkylation sites (tertiary alicyclic amines) is 1. The summed E-state index contributed by atoms with van der Waals surface area (Å²) in [7, 11) is 0. The monoisotopic (exact) mass is 454 g/mol. The molecule has 0 radical (unpaired) electrons. The number of thioether (sulfide) groups is 1. The quantitative estimate of drug-likeness (QED) is 0.418. The van der Waals surface area contributed by atoms with Crippen molar-refractivity contribution in [3.8, 4) is 0 Å². The van der Waals surface area contributed by atoms with E-state index >= 15 is 0 Å². The molecule has 1 aromatic carbocycles. The Morgan fingerprint density at radius 1 is 1.19 bits per heavy atom. The molecule has 6 heteroatoms. The lowest BCUT2D eigenvalue weighted by Crippen LogP contribution is -2.37. The molecule has 1 aliphatic heterocycles.